The first-order valence-electron chi connectivity index (χ1n) is 11.5. The van der Waals surface area contributed by atoms with E-state index in [1.807, 2.05) is 60.9 Å². The van der Waals surface area contributed by atoms with Crippen molar-refractivity contribution in [3.05, 3.63) is 118 Å². The van der Waals surface area contributed by atoms with E-state index in [4.69, 9.17) is 9.40 Å². The second-order valence-corrected chi connectivity index (χ2v) is 8.58. The Kier molecular flexibility index (Phi) is 5.11. The van der Waals surface area contributed by atoms with E-state index in [2.05, 4.69) is 5.10 Å². The fraction of sp³-hybridized carbons (Fsp3) is 0.0690. The smallest absolute Gasteiger partial charge is 0.282 e. The molecule has 0 saturated carbocycles. The van der Waals surface area contributed by atoms with Gasteiger partial charge in [0.2, 0.25) is 5.82 Å². The summed E-state index contributed by atoms with van der Waals surface area (Å²) in [4.78, 5) is 18.2. The van der Waals surface area contributed by atoms with Crippen LogP contribution in [-0.2, 0) is 0 Å². The van der Waals surface area contributed by atoms with Crippen LogP contribution in [0.1, 0.15) is 17.0 Å². The SMILES string of the molecule is Cc1cc(C=Nn2c(-c3cc4ccccc4o3)nc3ccccc3c2=O)c(C)n1-c1ccccc1F. The largest absolute Gasteiger partial charge is 0.453 e. The Bertz CT molecular complexity index is 1830. The van der Waals surface area contributed by atoms with Gasteiger partial charge in [-0.25, -0.2) is 9.37 Å². The second-order valence-electron chi connectivity index (χ2n) is 8.58. The van der Waals surface area contributed by atoms with E-state index in [9.17, 15) is 9.18 Å². The van der Waals surface area contributed by atoms with Crippen molar-refractivity contribution in [1.82, 2.24) is 14.2 Å². The lowest BCUT2D eigenvalue weighted by Crippen LogP contribution is -2.20. The number of furan rings is 1. The van der Waals surface area contributed by atoms with Gasteiger partial charge in [-0.3, -0.25) is 4.79 Å². The molecule has 0 atom stereocenters. The van der Waals surface area contributed by atoms with Crippen molar-refractivity contribution in [2.24, 2.45) is 5.10 Å². The van der Waals surface area contributed by atoms with Crippen molar-refractivity contribution in [2.45, 2.75) is 13.8 Å². The summed E-state index contributed by atoms with van der Waals surface area (Å²) >= 11 is 0. The first-order valence-corrected chi connectivity index (χ1v) is 11.5. The van der Waals surface area contributed by atoms with Crippen LogP contribution in [0, 0.1) is 19.7 Å². The summed E-state index contributed by atoms with van der Waals surface area (Å²) in [6.07, 6.45) is 1.60. The van der Waals surface area contributed by atoms with Gasteiger partial charge >= 0.3 is 0 Å². The highest BCUT2D eigenvalue weighted by Crippen LogP contribution is 2.27. The third kappa shape index (κ3) is 3.53. The molecule has 3 heterocycles. The Morgan fingerprint density at radius 3 is 2.53 bits per heavy atom. The predicted molar refractivity (Wildman–Crippen MR) is 139 cm³/mol. The zero-order chi connectivity index (χ0) is 24.8. The Morgan fingerprint density at radius 1 is 0.944 bits per heavy atom. The molecular formula is C29H21FN4O2. The lowest BCUT2D eigenvalue weighted by Gasteiger charge is -2.10. The summed E-state index contributed by atoms with van der Waals surface area (Å²) in [7, 11) is 0. The third-order valence-electron chi connectivity index (χ3n) is 6.28. The van der Waals surface area contributed by atoms with Gasteiger partial charge in [0.25, 0.3) is 5.56 Å². The molecule has 3 aromatic carbocycles. The van der Waals surface area contributed by atoms with Crippen LogP contribution in [-0.4, -0.2) is 20.4 Å². The van der Waals surface area contributed by atoms with Gasteiger partial charge in [0.15, 0.2) is 5.76 Å². The summed E-state index contributed by atoms with van der Waals surface area (Å²) in [6, 6.07) is 25.1. The minimum absolute atomic E-state index is 0.300. The molecule has 0 fully saturated rings. The van der Waals surface area contributed by atoms with E-state index < -0.39 is 0 Å². The Balaban J connectivity index is 1.53. The Hall–Kier alpha value is -4.78. The number of hydrogen-bond acceptors (Lipinski definition) is 4. The van der Waals surface area contributed by atoms with Crippen molar-refractivity contribution < 1.29 is 8.81 Å². The third-order valence-corrected chi connectivity index (χ3v) is 6.28. The molecular weight excluding hydrogens is 455 g/mol. The predicted octanol–water partition coefficient (Wildman–Crippen LogP) is 6.24. The van der Waals surface area contributed by atoms with Crippen LogP contribution in [0.3, 0.4) is 0 Å². The molecule has 0 saturated heterocycles. The number of fused-ring (bicyclic) bond motifs is 2. The molecule has 3 aromatic heterocycles. The fourth-order valence-electron chi connectivity index (χ4n) is 4.52. The van der Waals surface area contributed by atoms with E-state index in [-0.39, 0.29) is 11.4 Å². The van der Waals surface area contributed by atoms with Crippen LogP contribution in [0.5, 0.6) is 0 Å². The summed E-state index contributed by atoms with van der Waals surface area (Å²) in [6.45, 7) is 3.79. The first kappa shape index (κ1) is 21.7. The molecule has 6 nitrogen and oxygen atoms in total. The molecule has 0 bridgehead atoms. The summed E-state index contributed by atoms with van der Waals surface area (Å²) in [5.74, 6) is 0.423. The zero-order valence-corrected chi connectivity index (χ0v) is 19.6. The average Bonchev–Trinajstić information content (AvgIpc) is 3.44. The lowest BCUT2D eigenvalue weighted by molar-refractivity contribution is 0.615. The number of para-hydroxylation sites is 3. The monoisotopic (exact) mass is 476 g/mol. The molecule has 0 aliphatic carbocycles. The average molecular weight is 477 g/mol. The van der Waals surface area contributed by atoms with Gasteiger partial charge in [-0.2, -0.15) is 9.78 Å². The molecule has 6 rings (SSSR count). The van der Waals surface area contributed by atoms with Crippen molar-refractivity contribution in [3.63, 3.8) is 0 Å². The normalized spacial score (nSPS) is 11.8. The van der Waals surface area contributed by atoms with Gasteiger partial charge in [-0.15, -0.1) is 0 Å². The number of benzene rings is 3. The minimum atomic E-state index is -0.315. The van der Waals surface area contributed by atoms with Crippen molar-refractivity contribution in [1.29, 1.82) is 0 Å². The topological polar surface area (TPSA) is 65.3 Å². The van der Waals surface area contributed by atoms with Crippen LogP contribution in [0.2, 0.25) is 0 Å². The van der Waals surface area contributed by atoms with Gasteiger partial charge in [-0.1, -0.05) is 42.5 Å². The molecule has 176 valence electrons. The highest BCUT2D eigenvalue weighted by Gasteiger charge is 2.17. The molecule has 7 heteroatoms. The molecule has 0 radical (unpaired) electrons. The highest BCUT2D eigenvalue weighted by atomic mass is 19.1. The van der Waals surface area contributed by atoms with Gasteiger partial charge in [0.1, 0.15) is 11.4 Å². The van der Waals surface area contributed by atoms with Gasteiger partial charge in [0.05, 0.1) is 22.8 Å². The van der Waals surface area contributed by atoms with E-state index >= 15 is 0 Å². The van der Waals surface area contributed by atoms with Crippen molar-refractivity contribution >= 4 is 28.1 Å². The molecule has 0 amide bonds. The lowest BCUT2D eigenvalue weighted by atomic mass is 10.2. The van der Waals surface area contributed by atoms with E-state index in [1.165, 1.54) is 10.7 Å². The molecule has 36 heavy (non-hydrogen) atoms. The van der Waals surface area contributed by atoms with Crippen molar-refractivity contribution in [3.8, 4) is 17.3 Å². The molecule has 0 N–H and O–H groups in total. The maximum absolute atomic E-state index is 14.5. The number of halogens is 1. The maximum atomic E-state index is 14.5. The second kappa shape index (κ2) is 8.46. The maximum Gasteiger partial charge on any atom is 0.282 e. The Labute approximate surface area is 205 Å². The minimum Gasteiger partial charge on any atom is -0.453 e. The van der Waals surface area contributed by atoms with Gasteiger partial charge < -0.3 is 8.98 Å². The highest BCUT2D eigenvalue weighted by molar-refractivity contribution is 5.85. The fourth-order valence-corrected chi connectivity index (χ4v) is 4.52. The van der Waals surface area contributed by atoms with Crippen LogP contribution in [0.15, 0.2) is 99.2 Å². The molecule has 0 aliphatic heterocycles. The summed E-state index contributed by atoms with van der Waals surface area (Å²) < 4.78 is 23.6. The zero-order valence-electron chi connectivity index (χ0n) is 19.6. The van der Waals surface area contributed by atoms with Crippen LogP contribution >= 0.6 is 0 Å². The standard InChI is InChI=1S/C29H21FN4O2/c1-18-15-21(19(2)33(18)25-13-7-5-11-23(25)30)17-31-34-28(27-16-20-9-3-8-14-26(20)36-27)32-24-12-6-4-10-22(24)29(34)35/h3-17H,1-2H3. The number of aryl methyl sites for hydroxylation is 1. The molecule has 0 aliphatic rings. The van der Waals surface area contributed by atoms with Crippen molar-refractivity contribution in [2.75, 3.05) is 0 Å². The van der Waals surface area contributed by atoms with Gasteiger partial charge in [0, 0.05) is 22.3 Å². The Morgan fingerprint density at radius 2 is 1.69 bits per heavy atom. The number of aromatic nitrogens is 3. The summed E-state index contributed by atoms with van der Waals surface area (Å²) in [5, 5.41) is 5.91. The molecule has 6 aromatic rings. The molecule has 0 unspecified atom stereocenters. The van der Waals surface area contributed by atoms with E-state index in [0.29, 0.717) is 33.8 Å². The van der Waals surface area contributed by atoms with Crippen LogP contribution in [0.4, 0.5) is 4.39 Å². The van der Waals surface area contributed by atoms with Crippen LogP contribution in [0.25, 0.3) is 39.1 Å². The number of nitrogens with zero attached hydrogens (tertiary/aromatic N) is 4. The summed E-state index contributed by atoms with van der Waals surface area (Å²) in [5.41, 5.74) is 3.80. The van der Waals surface area contributed by atoms with Gasteiger partial charge in [-0.05, 0) is 56.3 Å². The van der Waals surface area contributed by atoms with E-state index in [1.54, 1.807) is 42.6 Å². The number of hydrogen-bond donors (Lipinski definition) is 0. The number of rotatable bonds is 4. The van der Waals surface area contributed by atoms with E-state index in [0.717, 1.165) is 22.3 Å². The quantitative estimate of drug-likeness (QED) is 0.283. The molecule has 0 spiro atoms. The first-order chi connectivity index (χ1) is 17.5. The van der Waals surface area contributed by atoms with Crippen LogP contribution < -0.4 is 5.56 Å².